The van der Waals surface area contributed by atoms with Crippen LogP contribution in [0, 0.1) is 0 Å². The molecule has 0 aliphatic carbocycles. The molecule has 0 aromatic heterocycles. The number of amides is 1. The van der Waals surface area contributed by atoms with E-state index in [9.17, 15) is 4.79 Å². The zero-order chi connectivity index (χ0) is 13.5. The van der Waals surface area contributed by atoms with Crippen molar-refractivity contribution in [2.24, 2.45) is 0 Å². The summed E-state index contributed by atoms with van der Waals surface area (Å²) < 4.78 is 5.31. The van der Waals surface area contributed by atoms with E-state index in [1.807, 2.05) is 34.6 Å². The zero-order valence-corrected chi connectivity index (χ0v) is 12.3. The quantitative estimate of drug-likeness (QED) is 0.789. The minimum atomic E-state index is -0.497. The SMILES string of the molecule is CCCNC(=S)N(CCC)C(=O)OC(C)(C)C. The van der Waals surface area contributed by atoms with Crippen LogP contribution in [0.25, 0.3) is 0 Å². The highest BCUT2D eigenvalue weighted by Crippen LogP contribution is 2.10. The van der Waals surface area contributed by atoms with Gasteiger partial charge in [0.1, 0.15) is 5.60 Å². The molecule has 0 aliphatic heterocycles. The predicted octanol–water partition coefficient (Wildman–Crippen LogP) is 2.92. The Morgan fingerprint density at radius 2 is 1.88 bits per heavy atom. The lowest BCUT2D eigenvalue weighted by Crippen LogP contribution is -2.46. The van der Waals surface area contributed by atoms with Crippen LogP contribution in [0.3, 0.4) is 0 Å². The topological polar surface area (TPSA) is 41.6 Å². The standard InChI is InChI=1S/C12H24N2O2S/c1-6-8-13-10(17)14(9-7-2)11(15)16-12(3,4)5/h6-9H2,1-5H3,(H,13,17). The van der Waals surface area contributed by atoms with Crippen molar-refractivity contribution in [1.29, 1.82) is 0 Å². The Bertz CT molecular complexity index is 262. The van der Waals surface area contributed by atoms with E-state index in [1.165, 1.54) is 4.90 Å². The van der Waals surface area contributed by atoms with Gasteiger partial charge in [0, 0.05) is 13.1 Å². The minimum absolute atomic E-state index is 0.382. The molecule has 0 aliphatic rings. The van der Waals surface area contributed by atoms with Gasteiger partial charge < -0.3 is 10.1 Å². The fraction of sp³-hybridized carbons (Fsp3) is 0.833. The Morgan fingerprint density at radius 1 is 1.29 bits per heavy atom. The van der Waals surface area contributed by atoms with Crippen LogP contribution in [0.1, 0.15) is 47.5 Å². The summed E-state index contributed by atoms with van der Waals surface area (Å²) in [6.45, 7) is 10.9. The van der Waals surface area contributed by atoms with Crippen molar-refractivity contribution in [2.45, 2.75) is 53.1 Å². The van der Waals surface area contributed by atoms with Gasteiger partial charge in [-0.05, 0) is 45.8 Å². The van der Waals surface area contributed by atoms with Crippen molar-refractivity contribution in [3.05, 3.63) is 0 Å². The highest BCUT2D eigenvalue weighted by atomic mass is 32.1. The van der Waals surface area contributed by atoms with E-state index in [-0.39, 0.29) is 6.09 Å². The summed E-state index contributed by atoms with van der Waals surface area (Å²) in [5.74, 6) is 0. The molecule has 0 bridgehead atoms. The molecular formula is C12H24N2O2S. The van der Waals surface area contributed by atoms with E-state index in [2.05, 4.69) is 5.32 Å². The van der Waals surface area contributed by atoms with Crippen LogP contribution in [-0.2, 0) is 4.74 Å². The van der Waals surface area contributed by atoms with Gasteiger partial charge in [-0.3, -0.25) is 4.90 Å². The third-order valence-corrected chi connectivity index (χ3v) is 2.20. The lowest BCUT2D eigenvalue weighted by Gasteiger charge is -2.27. The second-order valence-electron chi connectivity index (χ2n) is 4.86. The Labute approximate surface area is 110 Å². The molecule has 4 nitrogen and oxygen atoms in total. The van der Waals surface area contributed by atoms with E-state index in [4.69, 9.17) is 17.0 Å². The summed E-state index contributed by atoms with van der Waals surface area (Å²) in [4.78, 5) is 13.4. The highest BCUT2D eigenvalue weighted by Gasteiger charge is 2.24. The fourth-order valence-corrected chi connectivity index (χ4v) is 1.41. The Morgan fingerprint density at radius 3 is 2.29 bits per heavy atom. The fourth-order valence-electron chi connectivity index (χ4n) is 1.14. The first-order valence-corrected chi connectivity index (χ1v) is 6.51. The molecule has 0 rings (SSSR count). The van der Waals surface area contributed by atoms with Crippen molar-refractivity contribution in [2.75, 3.05) is 13.1 Å². The van der Waals surface area contributed by atoms with Crippen molar-refractivity contribution in [3.63, 3.8) is 0 Å². The molecule has 0 aromatic rings. The van der Waals surface area contributed by atoms with Crippen molar-refractivity contribution < 1.29 is 9.53 Å². The van der Waals surface area contributed by atoms with Crippen LogP contribution in [0.4, 0.5) is 4.79 Å². The second-order valence-corrected chi connectivity index (χ2v) is 5.25. The minimum Gasteiger partial charge on any atom is -0.443 e. The first-order chi connectivity index (χ1) is 7.81. The number of nitrogens with one attached hydrogen (secondary N) is 1. The molecule has 5 heteroatoms. The van der Waals surface area contributed by atoms with E-state index >= 15 is 0 Å². The Hall–Kier alpha value is -0.840. The van der Waals surface area contributed by atoms with Gasteiger partial charge in [0.25, 0.3) is 0 Å². The Kier molecular flexibility index (Phi) is 7.11. The lowest BCUT2D eigenvalue weighted by molar-refractivity contribution is 0.0368. The molecular weight excluding hydrogens is 236 g/mol. The predicted molar refractivity (Wildman–Crippen MR) is 74.1 cm³/mol. The molecule has 100 valence electrons. The van der Waals surface area contributed by atoms with Gasteiger partial charge in [0.15, 0.2) is 5.11 Å². The van der Waals surface area contributed by atoms with E-state index < -0.39 is 5.60 Å². The smallest absolute Gasteiger partial charge is 0.416 e. The third-order valence-electron chi connectivity index (χ3n) is 1.83. The molecule has 1 amide bonds. The maximum absolute atomic E-state index is 11.9. The monoisotopic (exact) mass is 260 g/mol. The number of ether oxygens (including phenoxy) is 1. The van der Waals surface area contributed by atoms with Gasteiger partial charge >= 0.3 is 6.09 Å². The molecule has 0 spiro atoms. The number of carbonyl (C=O) groups is 1. The third kappa shape index (κ3) is 7.15. The van der Waals surface area contributed by atoms with Gasteiger partial charge in [-0.15, -0.1) is 0 Å². The molecule has 1 N–H and O–H groups in total. The summed E-state index contributed by atoms with van der Waals surface area (Å²) in [5.41, 5.74) is -0.497. The molecule has 0 saturated heterocycles. The number of nitrogens with zero attached hydrogens (tertiary/aromatic N) is 1. The summed E-state index contributed by atoms with van der Waals surface area (Å²) in [7, 11) is 0. The molecule has 0 atom stereocenters. The normalized spacial score (nSPS) is 10.9. The van der Waals surface area contributed by atoms with Crippen LogP contribution in [0.5, 0.6) is 0 Å². The maximum Gasteiger partial charge on any atom is 0.416 e. The summed E-state index contributed by atoms with van der Waals surface area (Å²) in [6.07, 6.45) is 1.43. The van der Waals surface area contributed by atoms with Gasteiger partial charge in [-0.25, -0.2) is 4.79 Å². The number of hydrogen-bond acceptors (Lipinski definition) is 3. The molecule has 17 heavy (non-hydrogen) atoms. The van der Waals surface area contributed by atoms with Gasteiger partial charge in [0.2, 0.25) is 0 Å². The highest BCUT2D eigenvalue weighted by molar-refractivity contribution is 7.80. The largest absolute Gasteiger partial charge is 0.443 e. The van der Waals surface area contributed by atoms with E-state index in [0.717, 1.165) is 19.4 Å². The van der Waals surface area contributed by atoms with Gasteiger partial charge in [-0.1, -0.05) is 13.8 Å². The molecule has 0 aromatic carbocycles. The maximum atomic E-state index is 11.9. The summed E-state index contributed by atoms with van der Waals surface area (Å²) in [5, 5.41) is 3.49. The van der Waals surface area contributed by atoms with Crippen LogP contribution in [0.2, 0.25) is 0 Å². The summed E-state index contributed by atoms with van der Waals surface area (Å²) >= 11 is 5.19. The molecule has 0 saturated carbocycles. The van der Waals surface area contributed by atoms with Crippen molar-refractivity contribution in [3.8, 4) is 0 Å². The number of rotatable bonds is 4. The van der Waals surface area contributed by atoms with Crippen molar-refractivity contribution in [1.82, 2.24) is 10.2 Å². The van der Waals surface area contributed by atoms with E-state index in [0.29, 0.717) is 11.7 Å². The first-order valence-electron chi connectivity index (χ1n) is 6.10. The first kappa shape index (κ1) is 16.2. The average molecular weight is 260 g/mol. The zero-order valence-electron chi connectivity index (χ0n) is 11.5. The van der Waals surface area contributed by atoms with E-state index in [1.54, 1.807) is 0 Å². The molecule has 0 unspecified atom stereocenters. The number of hydrogen-bond donors (Lipinski definition) is 1. The van der Waals surface area contributed by atoms with Crippen molar-refractivity contribution >= 4 is 23.4 Å². The van der Waals surface area contributed by atoms with Gasteiger partial charge in [0.05, 0.1) is 0 Å². The molecule has 0 heterocycles. The molecule has 0 fully saturated rings. The van der Waals surface area contributed by atoms with Crippen LogP contribution in [0.15, 0.2) is 0 Å². The van der Waals surface area contributed by atoms with Gasteiger partial charge in [-0.2, -0.15) is 0 Å². The number of carbonyl (C=O) groups excluding carboxylic acids is 1. The van der Waals surface area contributed by atoms with Crippen LogP contribution >= 0.6 is 12.2 Å². The van der Waals surface area contributed by atoms with Crippen LogP contribution < -0.4 is 5.32 Å². The lowest BCUT2D eigenvalue weighted by atomic mass is 10.2. The average Bonchev–Trinajstić information content (AvgIpc) is 2.19. The summed E-state index contributed by atoms with van der Waals surface area (Å²) in [6, 6.07) is 0. The molecule has 0 radical (unpaired) electrons. The van der Waals surface area contributed by atoms with Crippen LogP contribution in [-0.4, -0.2) is 34.8 Å². The number of thiocarbonyl (C=S) groups is 1. The second kappa shape index (κ2) is 7.48. The Balaban J connectivity index is 4.50.